The van der Waals surface area contributed by atoms with Gasteiger partial charge in [0.2, 0.25) is 5.91 Å². The summed E-state index contributed by atoms with van der Waals surface area (Å²) in [6.07, 6.45) is 6.90. The molecular formula is C13H16N2OS2. The lowest BCUT2D eigenvalue weighted by atomic mass is 10.1. The Kier molecular flexibility index (Phi) is 4.90. The summed E-state index contributed by atoms with van der Waals surface area (Å²) in [5.41, 5.74) is 0. The second-order valence-corrected chi connectivity index (χ2v) is 5.56. The first kappa shape index (κ1) is 13.2. The molecule has 0 aliphatic carbocycles. The lowest BCUT2D eigenvalue weighted by molar-refractivity contribution is -0.115. The SMILES string of the molecule is O=C(C=Cc1cccs1)NC(=S)N1CCCCC1. The molecule has 1 fully saturated rings. The number of hydrogen-bond donors (Lipinski definition) is 1. The van der Waals surface area contributed by atoms with Crippen molar-refractivity contribution in [2.45, 2.75) is 19.3 Å². The molecule has 0 aromatic carbocycles. The molecule has 5 heteroatoms. The Hall–Kier alpha value is -1.20. The highest BCUT2D eigenvalue weighted by Gasteiger charge is 2.14. The average molecular weight is 280 g/mol. The summed E-state index contributed by atoms with van der Waals surface area (Å²) in [6.45, 7) is 1.90. The maximum Gasteiger partial charge on any atom is 0.250 e. The average Bonchev–Trinajstić information content (AvgIpc) is 2.90. The molecule has 96 valence electrons. The van der Waals surface area contributed by atoms with Crippen molar-refractivity contribution in [3.63, 3.8) is 0 Å². The first-order chi connectivity index (χ1) is 8.75. The van der Waals surface area contributed by atoms with Crippen LogP contribution in [0.4, 0.5) is 0 Å². The van der Waals surface area contributed by atoms with Crippen molar-refractivity contribution >= 4 is 40.7 Å². The van der Waals surface area contributed by atoms with Gasteiger partial charge in [-0.1, -0.05) is 6.07 Å². The van der Waals surface area contributed by atoms with Crippen molar-refractivity contribution in [3.05, 3.63) is 28.5 Å². The zero-order valence-electron chi connectivity index (χ0n) is 10.1. The molecule has 1 aliphatic rings. The van der Waals surface area contributed by atoms with E-state index in [9.17, 15) is 4.79 Å². The number of rotatable bonds is 2. The van der Waals surface area contributed by atoms with Crippen LogP contribution in [0.15, 0.2) is 23.6 Å². The van der Waals surface area contributed by atoms with Crippen LogP contribution in [0.1, 0.15) is 24.1 Å². The summed E-state index contributed by atoms with van der Waals surface area (Å²) in [5, 5.41) is 5.28. The van der Waals surface area contributed by atoms with E-state index in [4.69, 9.17) is 12.2 Å². The van der Waals surface area contributed by atoms with Crippen LogP contribution in [0.5, 0.6) is 0 Å². The number of thiophene rings is 1. The van der Waals surface area contributed by atoms with Crippen molar-refractivity contribution in [2.75, 3.05) is 13.1 Å². The number of piperidine rings is 1. The van der Waals surface area contributed by atoms with Gasteiger partial charge in [-0.3, -0.25) is 10.1 Å². The van der Waals surface area contributed by atoms with Gasteiger partial charge in [0.25, 0.3) is 0 Å². The molecule has 3 nitrogen and oxygen atoms in total. The van der Waals surface area contributed by atoms with Crippen molar-refractivity contribution in [1.82, 2.24) is 10.2 Å². The maximum absolute atomic E-state index is 11.7. The van der Waals surface area contributed by atoms with E-state index in [1.54, 1.807) is 17.4 Å². The van der Waals surface area contributed by atoms with Gasteiger partial charge in [0.15, 0.2) is 5.11 Å². The Labute approximate surface area is 116 Å². The molecule has 1 aromatic rings. The lowest BCUT2D eigenvalue weighted by Gasteiger charge is -2.28. The van der Waals surface area contributed by atoms with E-state index in [1.165, 1.54) is 12.5 Å². The minimum Gasteiger partial charge on any atom is -0.349 e. The normalized spacial score (nSPS) is 15.9. The van der Waals surface area contributed by atoms with Gasteiger partial charge in [-0.15, -0.1) is 11.3 Å². The largest absolute Gasteiger partial charge is 0.349 e. The van der Waals surface area contributed by atoms with E-state index < -0.39 is 0 Å². The van der Waals surface area contributed by atoms with Crippen LogP contribution in [0.2, 0.25) is 0 Å². The van der Waals surface area contributed by atoms with Crippen LogP contribution in [-0.4, -0.2) is 29.0 Å². The molecule has 0 saturated carbocycles. The van der Waals surface area contributed by atoms with E-state index >= 15 is 0 Å². The monoisotopic (exact) mass is 280 g/mol. The molecule has 1 N–H and O–H groups in total. The number of nitrogens with zero attached hydrogens (tertiary/aromatic N) is 1. The van der Waals surface area contributed by atoms with Gasteiger partial charge in [0.05, 0.1) is 0 Å². The standard InChI is InChI=1S/C13H16N2OS2/c16-12(7-6-11-5-4-10-18-11)14-13(17)15-8-2-1-3-9-15/h4-7,10H,1-3,8-9H2,(H,14,16,17). The summed E-state index contributed by atoms with van der Waals surface area (Å²) in [6, 6.07) is 3.93. The van der Waals surface area contributed by atoms with Gasteiger partial charge in [0.1, 0.15) is 0 Å². The molecule has 0 unspecified atom stereocenters. The topological polar surface area (TPSA) is 32.3 Å². The van der Waals surface area contributed by atoms with Crippen molar-refractivity contribution < 1.29 is 4.79 Å². The van der Waals surface area contributed by atoms with Crippen molar-refractivity contribution in [1.29, 1.82) is 0 Å². The summed E-state index contributed by atoms with van der Waals surface area (Å²) in [7, 11) is 0. The first-order valence-electron chi connectivity index (χ1n) is 6.07. The number of amides is 1. The van der Waals surface area contributed by atoms with E-state index in [0.29, 0.717) is 5.11 Å². The molecule has 1 aromatic heterocycles. The fourth-order valence-corrected chi connectivity index (χ4v) is 2.77. The van der Waals surface area contributed by atoms with Gasteiger partial charge >= 0.3 is 0 Å². The summed E-state index contributed by atoms with van der Waals surface area (Å²) in [5.74, 6) is -0.154. The highest BCUT2D eigenvalue weighted by atomic mass is 32.1. The molecule has 0 bridgehead atoms. The van der Waals surface area contributed by atoms with Gasteiger partial charge in [0, 0.05) is 24.0 Å². The number of nitrogens with one attached hydrogen (secondary N) is 1. The molecule has 0 spiro atoms. The van der Waals surface area contributed by atoms with E-state index in [0.717, 1.165) is 30.8 Å². The Morgan fingerprint density at radius 2 is 2.17 bits per heavy atom. The van der Waals surface area contributed by atoms with Crippen molar-refractivity contribution in [2.24, 2.45) is 0 Å². The minimum absolute atomic E-state index is 0.154. The van der Waals surface area contributed by atoms with Crippen LogP contribution in [0, 0.1) is 0 Å². The molecule has 2 rings (SSSR count). The van der Waals surface area contributed by atoms with Crippen LogP contribution in [-0.2, 0) is 4.79 Å². The van der Waals surface area contributed by atoms with Crippen molar-refractivity contribution in [3.8, 4) is 0 Å². The first-order valence-corrected chi connectivity index (χ1v) is 7.36. The smallest absolute Gasteiger partial charge is 0.250 e. The quantitative estimate of drug-likeness (QED) is 0.668. The molecule has 2 heterocycles. The third kappa shape index (κ3) is 3.92. The van der Waals surface area contributed by atoms with Gasteiger partial charge in [-0.25, -0.2) is 0 Å². The number of thiocarbonyl (C=S) groups is 1. The van der Waals surface area contributed by atoms with Crippen LogP contribution in [0.3, 0.4) is 0 Å². The fraction of sp³-hybridized carbons (Fsp3) is 0.385. The summed E-state index contributed by atoms with van der Waals surface area (Å²) >= 11 is 6.83. The van der Waals surface area contributed by atoms with E-state index in [2.05, 4.69) is 10.2 Å². The Balaban J connectivity index is 1.81. The number of carbonyl (C=O) groups is 1. The molecule has 0 radical (unpaired) electrons. The molecule has 1 amide bonds. The molecule has 0 atom stereocenters. The second kappa shape index (κ2) is 6.66. The van der Waals surface area contributed by atoms with Gasteiger partial charge in [-0.2, -0.15) is 0 Å². The van der Waals surface area contributed by atoms with E-state index in [-0.39, 0.29) is 5.91 Å². The van der Waals surface area contributed by atoms with Crippen LogP contribution >= 0.6 is 23.6 Å². The zero-order valence-corrected chi connectivity index (χ0v) is 11.7. The Morgan fingerprint density at radius 3 is 2.83 bits per heavy atom. The number of likely N-dealkylation sites (tertiary alicyclic amines) is 1. The molecule has 18 heavy (non-hydrogen) atoms. The maximum atomic E-state index is 11.7. The third-order valence-corrected chi connectivity index (χ3v) is 4.01. The number of carbonyl (C=O) groups excluding carboxylic acids is 1. The van der Waals surface area contributed by atoms with Gasteiger partial charge < -0.3 is 4.90 Å². The molecule has 1 saturated heterocycles. The predicted molar refractivity (Wildman–Crippen MR) is 79.5 cm³/mol. The fourth-order valence-electron chi connectivity index (χ4n) is 1.87. The highest BCUT2D eigenvalue weighted by Crippen LogP contribution is 2.10. The third-order valence-electron chi connectivity index (χ3n) is 2.82. The van der Waals surface area contributed by atoms with Crippen LogP contribution in [0.25, 0.3) is 6.08 Å². The molecular weight excluding hydrogens is 264 g/mol. The van der Waals surface area contributed by atoms with E-state index in [1.807, 2.05) is 17.5 Å². The Bertz CT molecular complexity index is 434. The highest BCUT2D eigenvalue weighted by molar-refractivity contribution is 7.80. The molecule has 1 aliphatic heterocycles. The summed E-state index contributed by atoms with van der Waals surface area (Å²) in [4.78, 5) is 14.8. The number of hydrogen-bond acceptors (Lipinski definition) is 3. The predicted octanol–water partition coefficient (Wildman–Crippen LogP) is 2.65. The zero-order chi connectivity index (χ0) is 12.8. The van der Waals surface area contributed by atoms with Crippen LogP contribution < -0.4 is 5.32 Å². The summed E-state index contributed by atoms with van der Waals surface area (Å²) < 4.78 is 0. The Morgan fingerprint density at radius 1 is 1.39 bits per heavy atom. The lowest BCUT2D eigenvalue weighted by Crippen LogP contribution is -2.44. The second-order valence-electron chi connectivity index (χ2n) is 4.19. The minimum atomic E-state index is -0.154. The van der Waals surface area contributed by atoms with Gasteiger partial charge in [-0.05, 0) is 49.0 Å².